The average Bonchev–Trinajstić information content (AvgIpc) is 2.61. The molecule has 0 radical (unpaired) electrons. The lowest BCUT2D eigenvalue weighted by atomic mass is 10.2. The fraction of sp³-hybridized carbons (Fsp3) is 0.278. The number of hydrogen-bond donors (Lipinski definition) is 2. The number of amides is 1. The van der Waals surface area contributed by atoms with Gasteiger partial charge in [-0.15, -0.1) is 0 Å². The van der Waals surface area contributed by atoms with Crippen LogP contribution in [0, 0.1) is 0 Å². The fourth-order valence-electron chi connectivity index (χ4n) is 2.19. The van der Waals surface area contributed by atoms with Crippen LogP contribution >= 0.6 is 15.9 Å². The minimum Gasteiger partial charge on any atom is -0.493 e. The van der Waals surface area contributed by atoms with Gasteiger partial charge in [0.1, 0.15) is 6.04 Å². The number of halogens is 1. The molecule has 0 aliphatic carbocycles. The first-order valence-electron chi connectivity index (χ1n) is 7.54. The molecule has 0 unspecified atom stereocenters. The molecule has 6 heteroatoms. The molecule has 2 N–H and O–H groups in total. The Balaban J connectivity index is 1.91. The van der Waals surface area contributed by atoms with Crippen molar-refractivity contribution in [3.63, 3.8) is 0 Å². The van der Waals surface area contributed by atoms with Gasteiger partial charge in [0.2, 0.25) is 5.91 Å². The van der Waals surface area contributed by atoms with Crippen LogP contribution in [0.2, 0.25) is 0 Å². The van der Waals surface area contributed by atoms with E-state index in [2.05, 4.69) is 26.6 Å². The van der Waals surface area contributed by atoms with Gasteiger partial charge in [0, 0.05) is 16.7 Å². The lowest BCUT2D eigenvalue weighted by Crippen LogP contribution is -2.37. The molecule has 0 aromatic heterocycles. The topological polar surface area (TPSA) is 59.6 Å². The second kappa shape index (κ2) is 8.59. The molecular weight excluding hydrogens is 372 g/mol. The van der Waals surface area contributed by atoms with Gasteiger partial charge < -0.3 is 20.1 Å². The second-order valence-corrected chi connectivity index (χ2v) is 6.20. The summed E-state index contributed by atoms with van der Waals surface area (Å²) in [6.07, 6.45) is 0. The Hall–Kier alpha value is -2.21. The van der Waals surface area contributed by atoms with Crippen LogP contribution in [0.5, 0.6) is 11.5 Å². The van der Waals surface area contributed by atoms with Gasteiger partial charge in [0.05, 0.1) is 14.2 Å². The molecule has 128 valence electrons. The van der Waals surface area contributed by atoms with Crippen LogP contribution in [0.1, 0.15) is 12.5 Å². The van der Waals surface area contributed by atoms with Gasteiger partial charge in [0.15, 0.2) is 11.5 Å². The molecular formula is C18H21BrN2O3. The zero-order valence-corrected chi connectivity index (χ0v) is 15.5. The summed E-state index contributed by atoms with van der Waals surface area (Å²) in [6.45, 7) is 2.25. The van der Waals surface area contributed by atoms with Crippen molar-refractivity contribution in [2.75, 3.05) is 19.5 Å². The van der Waals surface area contributed by atoms with Crippen molar-refractivity contribution in [1.29, 1.82) is 0 Å². The van der Waals surface area contributed by atoms with Gasteiger partial charge in [-0.05, 0) is 48.9 Å². The highest BCUT2D eigenvalue weighted by molar-refractivity contribution is 9.10. The molecule has 5 nitrogen and oxygen atoms in total. The monoisotopic (exact) mass is 392 g/mol. The number of benzene rings is 2. The number of hydrogen-bond acceptors (Lipinski definition) is 4. The largest absolute Gasteiger partial charge is 0.493 e. The molecule has 2 rings (SSSR count). The van der Waals surface area contributed by atoms with Crippen LogP contribution in [0.15, 0.2) is 46.9 Å². The van der Waals surface area contributed by atoms with E-state index in [-0.39, 0.29) is 11.9 Å². The fourth-order valence-corrected chi connectivity index (χ4v) is 2.46. The molecule has 0 heterocycles. The van der Waals surface area contributed by atoms with Crippen LogP contribution in [-0.2, 0) is 11.3 Å². The Morgan fingerprint density at radius 1 is 1.08 bits per heavy atom. The van der Waals surface area contributed by atoms with Crippen molar-refractivity contribution < 1.29 is 14.3 Å². The molecule has 0 spiro atoms. The maximum absolute atomic E-state index is 12.2. The molecule has 0 saturated heterocycles. The van der Waals surface area contributed by atoms with Crippen LogP contribution in [0.25, 0.3) is 0 Å². The van der Waals surface area contributed by atoms with Crippen molar-refractivity contribution in [1.82, 2.24) is 5.32 Å². The van der Waals surface area contributed by atoms with E-state index in [1.807, 2.05) is 49.4 Å². The van der Waals surface area contributed by atoms with Gasteiger partial charge >= 0.3 is 0 Å². The summed E-state index contributed by atoms with van der Waals surface area (Å²) in [6, 6.07) is 12.9. The van der Waals surface area contributed by atoms with Crippen LogP contribution in [-0.4, -0.2) is 26.2 Å². The van der Waals surface area contributed by atoms with E-state index in [0.29, 0.717) is 18.0 Å². The van der Waals surface area contributed by atoms with Gasteiger partial charge in [-0.3, -0.25) is 4.79 Å². The Kier molecular flexibility index (Phi) is 6.49. The smallest absolute Gasteiger partial charge is 0.242 e. The van der Waals surface area contributed by atoms with E-state index < -0.39 is 0 Å². The van der Waals surface area contributed by atoms with Crippen LogP contribution in [0.3, 0.4) is 0 Å². The third-order valence-corrected chi connectivity index (χ3v) is 4.06. The summed E-state index contributed by atoms with van der Waals surface area (Å²) in [5.41, 5.74) is 1.84. The van der Waals surface area contributed by atoms with Crippen molar-refractivity contribution in [3.05, 3.63) is 52.5 Å². The number of ether oxygens (including phenoxy) is 2. The number of rotatable bonds is 7. The van der Waals surface area contributed by atoms with Crippen molar-refractivity contribution in [2.45, 2.75) is 19.5 Å². The maximum atomic E-state index is 12.2. The Labute approximate surface area is 150 Å². The second-order valence-electron chi connectivity index (χ2n) is 5.28. The summed E-state index contributed by atoms with van der Waals surface area (Å²) in [4.78, 5) is 12.2. The Morgan fingerprint density at radius 3 is 2.38 bits per heavy atom. The predicted octanol–water partition coefficient (Wildman–Crippen LogP) is 3.58. The summed E-state index contributed by atoms with van der Waals surface area (Å²) >= 11 is 3.39. The molecule has 24 heavy (non-hydrogen) atoms. The molecule has 2 aromatic carbocycles. The van der Waals surface area contributed by atoms with Gasteiger partial charge in [0.25, 0.3) is 0 Å². The average molecular weight is 393 g/mol. The van der Waals surface area contributed by atoms with Crippen molar-refractivity contribution >= 4 is 27.5 Å². The number of methoxy groups -OCH3 is 2. The number of anilines is 1. The number of nitrogens with one attached hydrogen (secondary N) is 2. The first-order chi connectivity index (χ1) is 11.5. The first-order valence-corrected chi connectivity index (χ1v) is 8.33. The molecule has 0 saturated carbocycles. The summed E-state index contributed by atoms with van der Waals surface area (Å²) in [5, 5.41) is 6.08. The third-order valence-electron chi connectivity index (χ3n) is 3.54. The SMILES string of the molecule is COc1ccc(CNC(=O)[C@@H](C)Nc2ccc(Br)cc2)cc1OC. The van der Waals surface area contributed by atoms with E-state index >= 15 is 0 Å². The lowest BCUT2D eigenvalue weighted by Gasteiger charge is -2.16. The standard InChI is InChI=1S/C18H21BrN2O3/c1-12(21-15-7-5-14(19)6-8-15)18(22)20-11-13-4-9-16(23-2)17(10-13)24-3/h4-10,12,21H,11H2,1-3H3,(H,20,22)/t12-/m1/s1. The maximum Gasteiger partial charge on any atom is 0.242 e. The van der Waals surface area contributed by atoms with E-state index in [0.717, 1.165) is 15.7 Å². The zero-order valence-electron chi connectivity index (χ0n) is 13.9. The van der Waals surface area contributed by atoms with E-state index in [1.165, 1.54) is 0 Å². The molecule has 2 aromatic rings. The molecule has 1 atom stereocenters. The predicted molar refractivity (Wildman–Crippen MR) is 98.6 cm³/mol. The normalized spacial score (nSPS) is 11.5. The quantitative estimate of drug-likeness (QED) is 0.755. The van der Waals surface area contributed by atoms with Gasteiger partial charge in [-0.2, -0.15) is 0 Å². The van der Waals surface area contributed by atoms with Gasteiger partial charge in [-0.25, -0.2) is 0 Å². The minimum atomic E-state index is -0.341. The summed E-state index contributed by atoms with van der Waals surface area (Å²) in [5.74, 6) is 1.23. The Bertz CT molecular complexity index is 689. The summed E-state index contributed by atoms with van der Waals surface area (Å²) in [7, 11) is 3.18. The van der Waals surface area contributed by atoms with Crippen molar-refractivity contribution in [2.24, 2.45) is 0 Å². The molecule has 0 aliphatic heterocycles. The molecule has 0 bridgehead atoms. The highest BCUT2D eigenvalue weighted by Crippen LogP contribution is 2.27. The lowest BCUT2D eigenvalue weighted by molar-refractivity contribution is -0.121. The third kappa shape index (κ3) is 4.89. The van der Waals surface area contributed by atoms with E-state index in [4.69, 9.17) is 9.47 Å². The van der Waals surface area contributed by atoms with E-state index in [1.54, 1.807) is 14.2 Å². The molecule has 0 fully saturated rings. The van der Waals surface area contributed by atoms with Crippen LogP contribution in [0.4, 0.5) is 5.69 Å². The van der Waals surface area contributed by atoms with Crippen molar-refractivity contribution in [3.8, 4) is 11.5 Å². The zero-order chi connectivity index (χ0) is 17.5. The molecule has 0 aliphatic rings. The highest BCUT2D eigenvalue weighted by atomic mass is 79.9. The minimum absolute atomic E-state index is 0.0762. The number of carbonyl (C=O) groups is 1. The highest BCUT2D eigenvalue weighted by Gasteiger charge is 2.13. The summed E-state index contributed by atoms with van der Waals surface area (Å²) < 4.78 is 11.5. The molecule has 1 amide bonds. The number of carbonyl (C=O) groups excluding carboxylic acids is 1. The first kappa shape index (κ1) is 18.1. The van der Waals surface area contributed by atoms with Crippen LogP contribution < -0.4 is 20.1 Å². The Morgan fingerprint density at radius 2 is 1.75 bits per heavy atom. The van der Waals surface area contributed by atoms with Gasteiger partial charge in [-0.1, -0.05) is 22.0 Å². The van der Waals surface area contributed by atoms with E-state index in [9.17, 15) is 4.79 Å².